The Hall–Kier alpha value is -1.90. The number of amides is 1. The summed E-state index contributed by atoms with van der Waals surface area (Å²) in [6.07, 6.45) is 3.38. The number of carbonyl (C=O) groups is 1. The van der Waals surface area contributed by atoms with Gasteiger partial charge in [-0.3, -0.25) is 4.79 Å². The van der Waals surface area contributed by atoms with E-state index in [9.17, 15) is 9.18 Å². The normalized spacial score (nSPS) is 17.1. The predicted octanol–water partition coefficient (Wildman–Crippen LogP) is 2.03. The van der Waals surface area contributed by atoms with Crippen LogP contribution >= 0.6 is 0 Å². The van der Waals surface area contributed by atoms with Crippen LogP contribution in [0.3, 0.4) is 0 Å². The molecule has 1 amide bonds. The Morgan fingerprint density at radius 2 is 2.38 bits per heavy atom. The standard InChI is InChI=1S/C16H19FN2O2/c17-15-7-5-13(11-12(15)3-1-9-18)19-16(20)8-6-14-4-2-10-21-14/h5,7,11,14H,2,4,6,8-10,18H2,(H,19,20). The minimum absolute atomic E-state index is 0.102. The van der Waals surface area contributed by atoms with Crippen LogP contribution in [-0.2, 0) is 9.53 Å². The van der Waals surface area contributed by atoms with E-state index in [1.165, 1.54) is 18.2 Å². The van der Waals surface area contributed by atoms with Gasteiger partial charge in [-0.25, -0.2) is 4.39 Å². The zero-order valence-electron chi connectivity index (χ0n) is 11.8. The molecule has 0 spiro atoms. The number of rotatable bonds is 4. The van der Waals surface area contributed by atoms with Gasteiger partial charge in [-0.05, 0) is 37.5 Å². The van der Waals surface area contributed by atoms with Crippen LogP contribution in [0.15, 0.2) is 18.2 Å². The van der Waals surface area contributed by atoms with Gasteiger partial charge in [0.1, 0.15) is 5.82 Å². The molecule has 0 aromatic heterocycles. The molecule has 0 saturated carbocycles. The fourth-order valence-corrected chi connectivity index (χ4v) is 2.23. The lowest BCUT2D eigenvalue weighted by Gasteiger charge is -2.09. The predicted molar refractivity (Wildman–Crippen MR) is 79.2 cm³/mol. The fourth-order valence-electron chi connectivity index (χ4n) is 2.23. The summed E-state index contributed by atoms with van der Waals surface area (Å²) in [6.45, 7) is 0.949. The third kappa shape index (κ3) is 4.85. The van der Waals surface area contributed by atoms with Gasteiger partial charge in [-0.15, -0.1) is 0 Å². The van der Waals surface area contributed by atoms with Crippen molar-refractivity contribution >= 4 is 11.6 Å². The van der Waals surface area contributed by atoms with Crippen molar-refractivity contribution < 1.29 is 13.9 Å². The summed E-state index contributed by atoms with van der Waals surface area (Å²) in [5, 5.41) is 2.75. The van der Waals surface area contributed by atoms with E-state index in [0.29, 0.717) is 18.5 Å². The zero-order valence-corrected chi connectivity index (χ0v) is 11.8. The average Bonchev–Trinajstić information content (AvgIpc) is 2.99. The summed E-state index contributed by atoms with van der Waals surface area (Å²) in [5.41, 5.74) is 6.04. The molecule has 3 N–H and O–H groups in total. The largest absolute Gasteiger partial charge is 0.378 e. The smallest absolute Gasteiger partial charge is 0.224 e. The van der Waals surface area contributed by atoms with Crippen molar-refractivity contribution in [2.24, 2.45) is 5.73 Å². The van der Waals surface area contributed by atoms with Crippen LogP contribution in [0.25, 0.3) is 0 Å². The maximum absolute atomic E-state index is 13.5. The number of ether oxygens (including phenoxy) is 1. The first-order valence-corrected chi connectivity index (χ1v) is 7.09. The van der Waals surface area contributed by atoms with Gasteiger partial charge in [0.15, 0.2) is 0 Å². The highest BCUT2D eigenvalue weighted by atomic mass is 19.1. The number of nitrogens with one attached hydrogen (secondary N) is 1. The van der Waals surface area contributed by atoms with Crippen molar-refractivity contribution in [1.82, 2.24) is 0 Å². The average molecular weight is 290 g/mol. The van der Waals surface area contributed by atoms with E-state index in [2.05, 4.69) is 17.2 Å². The van der Waals surface area contributed by atoms with E-state index in [0.717, 1.165) is 19.4 Å². The molecule has 0 radical (unpaired) electrons. The Kier molecular flexibility index (Phi) is 5.73. The molecule has 1 heterocycles. The SMILES string of the molecule is NCC#Cc1cc(NC(=O)CCC2CCCO2)ccc1F. The van der Waals surface area contributed by atoms with Crippen LogP contribution in [0.4, 0.5) is 10.1 Å². The number of nitrogens with two attached hydrogens (primary N) is 1. The van der Waals surface area contributed by atoms with Gasteiger partial charge in [-0.1, -0.05) is 11.8 Å². The Bertz CT molecular complexity index is 557. The summed E-state index contributed by atoms with van der Waals surface area (Å²) in [6, 6.07) is 4.32. The summed E-state index contributed by atoms with van der Waals surface area (Å²) in [5.74, 6) is 4.71. The van der Waals surface area contributed by atoms with E-state index in [1.54, 1.807) is 0 Å². The summed E-state index contributed by atoms with van der Waals surface area (Å²) >= 11 is 0. The van der Waals surface area contributed by atoms with Crippen LogP contribution in [-0.4, -0.2) is 25.2 Å². The van der Waals surface area contributed by atoms with E-state index >= 15 is 0 Å². The molecular weight excluding hydrogens is 271 g/mol. The molecule has 1 aliphatic heterocycles. The lowest BCUT2D eigenvalue weighted by atomic mass is 10.1. The van der Waals surface area contributed by atoms with Gasteiger partial charge in [-0.2, -0.15) is 0 Å². The van der Waals surface area contributed by atoms with Crippen molar-refractivity contribution in [2.45, 2.75) is 31.8 Å². The van der Waals surface area contributed by atoms with Crippen molar-refractivity contribution in [3.8, 4) is 11.8 Å². The topological polar surface area (TPSA) is 64.3 Å². The maximum atomic E-state index is 13.5. The number of hydrogen-bond acceptors (Lipinski definition) is 3. The molecule has 1 atom stereocenters. The van der Waals surface area contributed by atoms with Crippen LogP contribution < -0.4 is 11.1 Å². The fraction of sp³-hybridized carbons (Fsp3) is 0.438. The van der Waals surface area contributed by atoms with Crippen LogP contribution in [0, 0.1) is 17.7 Å². The molecular formula is C16H19FN2O2. The summed E-state index contributed by atoms with van der Waals surface area (Å²) in [7, 11) is 0. The molecule has 1 aromatic rings. The highest BCUT2D eigenvalue weighted by Gasteiger charge is 2.16. The Balaban J connectivity index is 1.90. The van der Waals surface area contributed by atoms with Crippen molar-refractivity contribution in [2.75, 3.05) is 18.5 Å². The lowest BCUT2D eigenvalue weighted by molar-refractivity contribution is -0.116. The number of benzene rings is 1. The van der Waals surface area contributed by atoms with E-state index in [-0.39, 0.29) is 24.1 Å². The lowest BCUT2D eigenvalue weighted by Crippen LogP contribution is -2.15. The summed E-state index contributed by atoms with van der Waals surface area (Å²) in [4.78, 5) is 11.9. The molecule has 2 rings (SSSR count). The Labute approximate surface area is 123 Å². The maximum Gasteiger partial charge on any atom is 0.224 e. The van der Waals surface area contributed by atoms with Gasteiger partial charge in [0.05, 0.1) is 18.2 Å². The molecule has 1 unspecified atom stereocenters. The number of carbonyl (C=O) groups excluding carboxylic acids is 1. The monoisotopic (exact) mass is 290 g/mol. The quantitative estimate of drug-likeness (QED) is 0.834. The third-order valence-corrected chi connectivity index (χ3v) is 3.29. The highest BCUT2D eigenvalue weighted by molar-refractivity contribution is 5.90. The zero-order chi connectivity index (χ0) is 15.1. The van der Waals surface area contributed by atoms with Crippen molar-refractivity contribution in [3.63, 3.8) is 0 Å². The first-order valence-electron chi connectivity index (χ1n) is 7.09. The molecule has 5 heteroatoms. The molecule has 21 heavy (non-hydrogen) atoms. The Morgan fingerprint density at radius 1 is 1.52 bits per heavy atom. The van der Waals surface area contributed by atoms with Crippen LogP contribution in [0.1, 0.15) is 31.2 Å². The molecule has 1 fully saturated rings. The minimum atomic E-state index is -0.423. The number of halogens is 1. The van der Waals surface area contributed by atoms with Crippen molar-refractivity contribution in [1.29, 1.82) is 0 Å². The molecule has 0 aliphatic carbocycles. The van der Waals surface area contributed by atoms with Gasteiger partial charge in [0.25, 0.3) is 0 Å². The van der Waals surface area contributed by atoms with Crippen LogP contribution in [0.5, 0.6) is 0 Å². The van der Waals surface area contributed by atoms with E-state index in [1.807, 2.05) is 0 Å². The van der Waals surface area contributed by atoms with Gasteiger partial charge in [0.2, 0.25) is 5.91 Å². The molecule has 1 saturated heterocycles. The molecule has 112 valence electrons. The summed E-state index contributed by atoms with van der Waals surface area (Å²) < 4.78 is 19.0. The van der Waals surface area contributed by atoms with Crippen molar-refractivity contribution in [3.05, 3.63) is 29.6 Å². The minimum Gasteiger partial charge on any atom is -0.378 e. The highest BCUT2D eigenvalue weighted by Crippen LogP contribution is 2.18. The number of hydrogen-bond donors (Lipinski definition) is 2. The first kappa shape index (κ1) is 15.5. The van der Waals surface area contributed by atoms with Gasteiger partial charge < -0.3 is 15.8 Å². The third-order valence-electron chi connectivity index (χ3n) is 3.29. The van der Waals surface area contributed by atoms with E-state index < -0.39 is 5.82 Å². The number of anilines is 1. The molecule has 1 aliphatic rings. The molecule has 4 nitrogen and oxygen atoms in total. The van der Waals surface area contributed by atoms with Gasteiger partial charge in [0, 0.05) is 18.7 Å². The second-order valence-electron chi connectivity index (χ2n) is 4.92. The first-order chi connectivity index (χ1) is 10.2. The van der Waals surface area contributed by atoms with Crippen LogP contribution in [0.2, 0.25) is 0 Å². The van der Waals surface area contributed by atoms with Gasteiger partial charge >= 0.3 is 0 Å². The molecule has 0 bridgehead atoms. The Morgan fingerprint density at radius 3 is 3.10 bits per heavy atom. The van der Waals surface area contributed by atoms with E-state index in [4.69, 9.17) is 10.5 Å². The second kappa shape index (κ2) is 7.77. The second-order valence-corrected chi connectivity index (χ2v) is 4.92. The molecule has 1 aromatic carbocycles.